The van der Waals surface area contributed by atoms with Crippen LogP contribution in [0.2, 0.25) is 0 Å². The van der Waals surface area contributed by atoms with Crippen molar-refractivity contribution in [1.82, 2.24) is 0 Å². The first kappa shape index (κ1) is 13.6. The van der Waals surface area contributed by atoms with Crippen LogP contribution in [-0.4, -0.2) is 0 Å². The van der Waals surface area contributed by atoms with Crippen LogP contribution in [0.4, 0.5) is 8.78 Å². The molecule has 0 fully saturated rings. The summed E-state index contributed by atoms with van der Waals surface area (Å²) >= 11 is 2.94. The Hall–Kier alpha value is -0.480. The largest absolute Gasteiger partial charge is 0.324 e. The summed E-state index contributed by atoms with van der Waals surface area (Å²) in [6, 6.07) is 1.87. The van der Waals surface area contributed by atoms with Gasteiger partial charge in [0.25, 0.3) is 0 Å². The van der Waals surface area contributed by atoms with Gasteiger partial charge in [-0.1, -0.05) is 26.7 Å². The monoisotopic (exact) mass is 291 g/mol. The normalized spacial score (nSPS) is 13.2. The van der Waals surface area contributed by atoms with E-state index in [0.717, 1.165) is 18.9 Å². The van der Waals surface area contributed by atoms with E-state index in [0.29, 0.717) is 0 Å². The summed E-state index contributed by atoms with van der Waals surface area (Å²) in [6.07, 6.45) is 1.71. The summed E-state index contributed by atoms with van der Waals surface area (Å²) in [6.45, 7) is 4.00. The Morgan fingerprint density at radius 3 is 2.25 bits per heavy atom. The van der Waals surface area contributed by atoms with Crippen LogP contribution in [0.1, 0.15) is 38.3 Å². The predicted octanol–water partition coefficient (Wildman–Crippen LogP) is 4.16. The summed E-state index contributed by atoms with van der Waals surface area (Å²) in [5, 5.41) is 0. The quantitative estimate of drug-likeness (QED) is 0.828. The van der Waals surface area contributed by atoms with Gasteiger partial charge < -0.3 is 5.73 Å². The van der Waals surface area contributed by atoms with E-state index in [1.54, 1.807) is 0 Å². The van der Waals surface area contributed by atoms with Crippen molar-refractivity contribution < 1.29 is 8.78 Å². The van der Waals surface area contributed by atoms with Crippen molar-refractivity contribution in [3.63, 3.8) is 0 Å². The van der Waals surface area contributed by atoms with Crippen molar-refractivity contribution in [2.45, 2.75) is 32.7 Å². The van der Waals surface area contributed by atoms with E-state index in [2.05, 4.69) is 15.9 Å². The first-order valence-corrected chi connectivity index (χ1v) is 6.20. The Labute approximate surface area is 103 Å². The highest BCUT2D eigenvalue weighted by Gasteiger charge is 2.20. The first-order valence-electron chi connectivity index (χ1n) is 5.41. The van der Waals surface area contributed by atoms with Crippen LogP contribution in [-0.2, 0) is 0 Å². The smallest absolute Gasteiger partial charge is 0.137 e. The zero-order valence-corrected chi connectivity index (χ0v) is 11.0. The average molecular weight is 292 g/mol. The van der Waals surface area contributed by atoms with Gasteiger partial charge in [-0.3, -0.25) is 0 Å². The molecule has 1 nitrogen and oxygen atoms in total. The molecular formula is C12H16BrF2N. The third kappa shape index (κ3) is 2.80. The van der Waals surface area contributed by atoms with Gasteiger partial charge in [-0.05, 0) is 34.0 Å². The molecule has 0 amide bonds. The molecule has 0 aliphatic rings. The third-order valence-corrected chi connectivity index (χ3v) is 3.56. The minimum Gasteiger partial charge on any atom is -0.324 e. The lowest BCUT2D eigenvalue weighted by Gasteiger charge is -2.22. The number of benzene rings is 1. The van der Waals surface area contributed by atoms with Crippen molar-refractivity contribution in [3.05, 3.63) is 33.8 Å². The third-order valence-electron chi connectivity index (χ3n) is 2.96. The Kier molecular flexibility index (Phi) is 4.87. The molecule has 1 aromatic rings. The fourth-order valence-electron chi connectivity index (χ4n) is 1.84. The molecule has 1 unspecified atom stereocenters. The Morgan fingerprint density at radius 1 is 1.19 bits per heavy atom. The SMILES string of the molecule is CCC(CC)C(N)c1cc(F)c(Br)cc1F. The lowest BCUT2D eigenvalue weighted by molar-refractivity contribution is 0.392. The zero-order chi connectivity index (χ0) is 12.3. The van der Waals surface area contributed by atoms with E-state index < -0.39 is 17.7 Å². The van der Waals surface area contributed by atoms with Crippen LogP contribution in [0, 0.1) is 17.6 Å². The van der Waals surface area contributed by atoms with E-state index in [9.17, 15) is 8.78 Å². The zero-order valence-electron chi connectivity index (χ0n) is 9.43. The number of hydrogen-bond acceptors (Lipinski definition) is 1. The van der Waals surface area contributed by atoms with Crippen LogP contribution in [0.5, 0.6) is 0 Å². The number of rotatable bonds is 4. The number of hydrogen-bond donors (Lipinski definition) is 1. The van der Waals surface area contributed by atoms with E-state index in [4.69, 9.17) is 5.73 Å². The minimum atomic E-state index is -0.474. The first-order chi connectivity index (χ1) is 7.51. The van der Waals surface area contributed by atoms with Crippen molar-refractivity contribution >= 4 is 15.9 Å². The van der Waals surface area contributed by atoms with Gasteiger partial charge in [-0.25, -0.2) is 8.78 Å². The molecule has 0 bridgehead atoms. The Balaban J connectivity index is 3.07. The molecule has 1 atom stereocenters. The van der Waals surface area contributed by atoms with E-state index in [1.807, 2.05) is 13.8 Å². The molecule has 2 N–H and O–H groups in total. The van der Waals surface area contributed by atoms with Crippen molar-refractivity contribution in [1.29, 1.82) is 0 Å². The molecule has 1 rings (SSSR count). The van der Waals surface area contributed by atoms with Crippen LogP contribution in [0.25, 0.3) is 0 Å². The summed E-state index contributed by atoms with van der Waals surface area (Å²) < 4.78 is 27.1. The molecular weight excluding hydrogens is 276 g/mol. The molecule has 4 heteroatoms. The van der Waals surface area contributed by atoms with Gasteiger partial charge in [-0.2, -0.15) is 0 Å². The molecule has 0 aliphatic carbocycles. The number of halogens is 3. The standard InChI is InChI=1S/C12H16BrF2N/c1-3-7(4-2)12(16)8-5-11(15)9(13)6-10(8)14/h5-7,12H,3-4,16H2,1-2H3. The second kappa shape index (κ2) is 5.73. The maximum absolute atomic E-state index is 13.6. The van der Waals surface area contributed by atoms with Crippen LogP contribution in [0.15, 0.2) is 16.6 Å². The minimum absolute atomic E-state index is 0.130. The van der Waals surface area contributed by atoms with Crippen molar-refractivity contribution in [2.24, 2.45) is 11.7 Å². The summed E-state index contributed by atoms with van der Waals surface area (Å²) in [5.74, 6) is -0.749. The molecule has 0 aliphatic heterocycles. The average Bonchev–Trinajstić information content (AvgIpc) is 2.25. The molecule has 0 saturated heterocycles. The fraction of sp³-hybridized carbons (Fsp3) is 0.500. The van der Waals surface area contributed by atoms with Gasteiger partial charge in [-0.15, -0.1) is 0 Å². The maximum Gasteiger partial charge on any atom is 0.137 e. The maximum atomic E-state index is 13.6. The second-order valence-electron chi connectivity index (χ2n) is 3.89. The van der Waals surface area contributed by atoms with Gasteiger partial charge >= 0.3 is 0 Å². The summed E-state index contributed by atoms with van der Waals surface area (Å²) in [4.78, 5) is 0. The second-order valence-corrected chi connectivity index (χ2v) is 4.74. The van der Waals surface area contributed by atoms with E-state index >= 15 is 0 Å². The van der Waals surface area contributed by atoms with Gasteiger partial charge in [0, 0.05) is 11.6 Å². The molecule has 0 heterocycles. The van der Waals surface area contributed by atoms with E-state index in [-0.39, 0.29) is 16.0 Å². The lowest BCUT2D eigenvalue weighted by Crippen LogP contribution is -2.21. The van der Waals surface area contributed by atoms with Crippen molar-refractivity contribution in [3.8, 4) is 0 Å². The number of nitrogens with two attached hydrogens (primary N) is 1. The molecule has 0 spiro atoms. The molecule has 16 heavy (non-hydrogen) atoms. The van der Waals surface area contributed by atoms with Gasteiger partial charge in [0.1, 0.15) is 11.6 Å². The van der Waals surface area contributed by atoms with Crippen LogP contribution in [0.3, 0.4) is 0 Å². The predicted molar refractivity (Wildman–Crippen MR) is 65.1 cm³/mol. The van der Waals surface area contributed by atoms with Gasteiger partial charge in [0.15, 0.2) is 0 Å². The van der Waals surface area contributed by atoms with Gasteiger partial charge in [0.2, 0.25) is 0 Å². The fourth-order valence-corrected chi connectivity index (χ4v) is 2.16. The highest BCUT2D eigenvalue weighted by atomic mass is 79.9. The molecule has 0 radical (unpaired) electrons. The lowest BCUT2D eigenvalue weighted by atomic mass is 9.89. The highest BCUT2D eigenvalue weighted by molar-refractivity contribution is 9.10. The highest BCUT2D eigenvalue weighted by Crippen LogP contribution is 2.29. The summed E-state index contributed by atoms with van der Waals surface area (Å²) in [5.41, 5.74) is 6.22. The Bertz CT molecular complexity index is 364. The van der Waals surface area contributed by atoms with Gasteiger partial charge in [0.05, 0.1) is 4.47 Å². The Morgan fingerprint density at radius 2 is 1.75 bits per heavy atom. The molecule has 0 saturated carbocycles. The molecule has 0 aromatic heterocycles. The summed E-state index contributed by atoms with van der Waals surface area (Å²) in [7, 11) is 0. The molecule has 1 aromatic carbocycles. The van der Waals surface area contributed by atoms with Crippen LogP contribution >= 0.6 is 15.9 Å². The van der Waals surface area contributed by atoms with E-state index in [1.165, 1.54) is 6.07 Å². The van der Waals surface area contributed by atoms with Crippen molar-refractivity contribution in [2.75, 3.05) is 0 Å². The molecule has 90 valence electrons. The van der Waals surface area contributed by atoms with Crippen LogP contribution < -0.4 is 5.73 Å². The topological polar surface area (TPSA) is 26.0 Å².